The van der Waals surface area contributed by atoms with Crippen LogP contribution in [0.3, 0.4) is 0 Å². The molecule has 3 N–H and O–H groups in total. The van der Waals surface area contributed by atoms with Gasteiger partial charge in [-0.1, -0.05) is 30.2 Å². The molecule has 1 aliphatic rings. The topological polar surface area (TPSA) is 61.4 Å². The van der Waals surface area contributed by atoms with Gasteiger partial charge in [0.25, 0.3) is 0 Å². The highest BCUT2D eigenvalue weighted by Gasteiger charge is 2.34. The van der Waals surface area contributed by atoms with Crippen molar-refractivity contribution in [2.45, 2.75) is 24.9 Å². The van der Waals surface area contributed by atoms with Gasteiger partial charge in [0.15, 0.2) is 0 Å². The lowest BCUT2D eigenvalue weighted by molar-refractivity contribution is 0.0217. The fourth-order valence-corrected chi connectivity index (χ4v) is 2.50. The predicted octanol–water partition coefficient (Wildman–Crippen LogP) is 1.14. The predicted molar refractivity (Wildman–Crippen MR) is 73.5 cm³/mol. The van der Waals surface area contributed by atoms with Gasteiger partial charge in [0, 0.05) is 0 Å². The number of carbonyl (C=O) groups excluding carboxylic acids is 1. The van der Waals surface area contributed by atoms with Gasteiger partial charge < -0.3 is 15.7 Å². The van der Waals surface area contributed by atoms with E-state index in [4.69, 9.17) is 6.42 Å². The molecule has 100 valence electrons. The molecule has 0 radical (unpaired) electrons. The van der Waals surface area contributed by atoms with Gasteiger partial charge in [0.2, 0.25) is 0 Å². The van der Waals surface area contributed by atoms with Crippen LogP contribution in [-0.2, 0) is 12.0 Å². The summed E-state index contributed by atoms with van der Waals surface area (Å²) < 4.78 is 0. The number of terminal acetylenes is 1. The number of nitrogens with one attached hydrogen (secondary N) is 2. The lowest BCUT2D eigenvalue weighted by Gasteiger charge is -2.34. The summed E-state index contributed by atoms with van der Waals surface area (Å²) in [4.78, 5) is 11.5. The van der Waals surface area contributed by atoms with Crippen LogP contribution in [0.1, 0.15) is 24.0 Å². The lowest BCUT2D eigenvalue weighted by Crippen LogP contribution is -2.46. The Morgan fingerprint density at radius 2 is 2.21 bits per heavy atom. The number of carbonyl (C=O) groups is 1. The molecule has 1 atom stereocenters. The van der Waals surface area contributed by atoms with Gasteiger partial charge in [0.1, 0.15) is 5.60 Å². The zero-order valence-electron chi connectivity index (χ0n) is 10.8. The van der Waals surface area contributed by atoms with Crippen LogP contribution in [0.25, 0.3) is 0 Å². The Kier molecular flexibility index (Phi) is 4.08. The molecular formula is C15H18N2O2. The van der Waals surface area contributed by atoms with Crippen molar-refractivity contribution in [3.8, 4) is 12.3 Å². The second-order valence-corrected chi connectivity index (χ2v) is 4.78. The first kappa shape index (κ1) is 13.4. The first-order valence-electron chi connectivity index (χ1n) is 6.42. The van der Waals surface area contributed by atoms with E-state index < -0.39 is 5.60 Å². The Bertz CT molecular complexity index is 507. The number of hydrogen-bond acceptors (Lipinski definition) is 2. The largest absolute Gasteiger partial charge is 0.383 e. The van der Waals surface area contributed by atoms with Crippen molar-refractivity contribution in [2.75, 3.05) is 13.1 Å². The van der Waals surface area contributed by atoms with Crippen molar-refractivity contribution in [2.24, 2.45) is 0 Å². The Labute approximate surface area is 113 Å². The van der Waals surface area contributed by atoms with Crippen LogP contribution in [0.15, 0.2) is 24.3 Å². The molecule has 19 heavy (non-hydrogen) atoms. The number of hydrogen-bond donors (Lipinski definition) is 3. The van der Waals surface area contributed by atoms with E-state index >= 15 is 0 Å². The van der Waals surface area contributed by atoms with Crippen LogP contribution in [0.2, 0.25) is 0 Å². The molecule has 0 bridgehead atoms. The number of benzene rings is 1. The molecular weight excluding hydrogens is 240 g/mol. The summed E-state index contributed by atoms with van der Waals surface area (Å²) >= 11 is 0. The maximum absolute atomic E-state index is 11.5. The highest BCUT2D eigenvalue weighted by Crippen LogP contribution is 2.34. The maximum Gasteiger partial charge on any atom is 0.315 e. The van der Waals surface area contributed by atoms with Gasteiger partial charge in [0.05, 0.1) is 13.1 Å². The van der Waals surface area contributed by atoms with Crippen LogP contribution in [0.4, 0.5) is 4.79 Å². The van der Waals surface area contributed by atoms with E-state index in [1.54, 1.807) is 0 Å². The number of aliphatic hydroxyl groups is 1. The average molecular weight is 258 g/mol. The van der Waals surface area contributed by atoms with E-state index in [1.165, 1.54) is 0 Å². The number of amides is 2. The Morgan fingerprint density at radius 1 is 1.42 bits per heavy atom. The van der Waals surface area contributed by atoms with Gasteiger partial charge >= 0.3 is 6.03 Å². The summed E-state index contributed by atoms with van der Waals surface area (Å²) in [7, 11) is 0. The molecule has 0 aliphatic heterocycles. The summed E-state index contributed by atoms with van der Waals surface area (Å²) in [6, 6.07) is 7.48. The molecule has 4 heteroatoms. The average Bonchev–Trinajstić information content (AvgIpc) is 2.44. The van der Waals surface area contributed by atoms with Crippen molar-refractivity contribution >= 4 is 6.03 Å². The summed E-state index contributed by atoms with van der Waals surface area (Å²) in [6.45, 7) is 0.376. The van der Waals surface area contributed by atoms with Gasteiger partial charge in [-0.2, -0.15) is 0 Å². The molecule has 0 heterocycles. The van der Waals surface area contributed by atoms with E-state index in [0.717, 1.165) is 24.0 Å². The van der Waals surface area contributed by atoms with Crippen LogP contribution >= 0.6 is 0 Å². The van der Waals surface area contributed by atoms with Crippen molar-refractivity contribution < 1.29 is 9.90 Å². The standard InChI is InChI=1S/C15H18N2O2/c1-2-10-16-14(18)17-11-15(19)9-5-7-12-6-3-4-8-13(12)15/h1,3-4,6,8,19H,5,7,9-11H2,(H2,16,17,18). The van der Waals surface area contributed by atoms with Gasteiger partial charge in [-0.25, -0.2) is 4.79 Å². The minimum Gasteiger partial charge on any atom is -0.383 e. The van der Waals surface area contributed by atoms with Crippen LogP contribution < -0.4 is 10.6 Å². The molecule has 1 aliphatic carbocycles. The third-order valence-electron chi connectivity index (χ3n) is 3.45. The minimum atomic E-state index is -0.984. The zero-order valence-corrected chi connectivity index (χ0v) is 10.8. The number of urea groups is 1. The monoisotopic (exact) mass is 258 g/mol. The third-order valence-corrected chi connectivity index (χ3v) is 3.45. The van der Waals surface area contributed by atoms with E-state index in [9.17, 15) is 9.90 Å². The highest BCUT2D eigenvalue weighted by molar-refractivity contribution is 5.74. The summed E-state index contributed by atoms with van der Waals surface area (Å²) in [5, 5.41) is 15.9. The molecule has 1 aromatic rings. The quantitative estimate of drug-likeness (QED) is 0.712. The molecule has 0 saturated carbocycles. The van der Waals surface area contributed by atoms with Gasteiger partial charge in [-0.15, -0.1) is 6.42 Å². The van der Waals surface area contributed by atoms with Crippen molar-refractivity contribution in [3.05, 3.63) is 35.4 Å². The maximum atomic E-state index is 11.5. The molecule has 1 unspecified atom stereocenters. The van der Waals surface area contributed by atoms with Gasteiger partial charge in [-0.05, 0) is 30.4 Å². The van der Waals surface area contributed by atoms with Crippen LogP contribution in [-0.4, -0.2) is 24.2 Å². The molecule has 2 amide bonds. The number of rotatable bonds is 3. The first-order valence-corrected chi connectivity index (χ1v) is 6.42. The number of aryl methyl sites for hydroxylation is 1. The fourth-order valence-electron chi connectivity index (χ4n) is 2.50. The molecule has 0 aromatic heterocycles. The molecule has 1 aromatic carbocycles. The Morgan fingerprint density at radius 3 is 3.00 bits per heavy atom. The lowest BCUT2D eigenvalue weighted by atomic mass is 9.79. The van der Waals surface area contributed by atoms with Crippen molar-refractivity contribution in [1.82, 2.24) is 10.6 Å². The van der Waals surface area contributed by atoms with E-state index in [2.05, 4.69) is 16.6 Å². The van der Waals surface area contributed by atoms with E-state index in [0.29, 0.717) is 6.42 Å². The Hall–Kier alpha value is -1.99. The van der Waals surface area contributed by atoms with E-state index in [-0.39, 0.29) is 19.1 Å². The molecule has 4 nitrogen and oxygen atoms in total. The fraction of sp³-hybridized carbons (Fsp3) is 0.400. The second kappa shape index (κ2) is 5.77. The second-order valence-electron chi connectivity index (χ2n) is 4.78. The summed E-state index contributed by atoms with van der Waals surface area (Å²) in [6.07, 6.45) is 7.61. The third kappa shape index (κ3) is 3.07. The van der Waals surface area contributed by atoms with Crippen LogP contribution in [0, 0.1) is 12.3 Å². The summed E-state index contributed by atoms with van der Waals surface area (Å²) in [5.41, 5.74) is 1.09. The van der Waals surface area contributed by atoms with Crippen LogP contribution in [0.5, 0.6) is 0 Å². The summed E-state index contributed by atoms with van der Waals surface area (Å²) in [5.74, 6) is 2.33. The van der Waals surface area contributed by atoms with Crippen molar-refractivity contribution in [3.63, 3.8) is 0 Å². The Balaban J connectivity index is 2.04. The number of fused-ring (bicyclic) bond motifs is 1. The van der Waals surface area contributed by atoms with E-state index in [1.807, 2.05) is 24.3 Å². The first-order chi connectivity index (χ1) is 9.15. The highest BCUT2D eigenvalue weighted by atomic mass is 16.3. The zero-order chi connectivity index (χ0) is 13.7. The molecule has 0 spiro atoms. The minimum absolute atomic E-state index is 0.181. The smallest absolute Gasteiger partial charge is 0.315 e. The molecule has 0 saturated heterocycles. The normalized spacial score (nSPS) is 21.1. The molecule has 2 rings (SSSR count). The van der Waals surface area contributed by atoms with Gasteiger partial charge in [-0.3, -0.25) is 0 Å². The SMILES string of the molecule is C#CCNC(=O)NCC1(O)CCCc2ccccc21. The van der Waals surface area contributed by atoms with Crippen molar-refractivity contribution in [1.29, 1.82) is 0 Å². The molecule has 0 fully saturated rings.